The number of benzene rings is 1. The molecule has 4 heteroatoms. The smallest absolute Gasteiger partial charge is 0.161 e. The van der Waals surface area contributed by atoms with E-state index in [1.807, 2.05) is 0 Å². The Morgan fingerprint density at radius 3 is 2.68 bits per heavy atom. The average Bonchev–Trinajstić information content (AvgIpc) is 2.40. The van der Waals surface area contributed by atoms with Crippen LogP contribution in [-0.2, 0) is 6.42 Å². The monoisotopic (exact) mass is 262 g/mol. The van der Waals surface area contributed by atoms with E-state index in [0.717, 1.165) is 30.9 Å². The fraction of sp³-hybridized carbons (Fsp3) is 0.600. The molecule has 19 heavy (non-hydrogen) atoms. The number of hydrogen-bond acceptors (Lipinski definition) is 4. The predicted octanol–water partition coefficient (Wildman–Crippen LogP) is 1.72. The molecule has 0 saturated heterocycles. The van der Waals surface area contributed by atoms with Crippen LogP contribution in [0.1, 0.15) is 30.5 Å². The molecule has 2 unspecified atom stereocenters. The number of nitrogens with zero attached hydrogens (tertiary/aromatic N) is 1. The van der Waals surface area contributed by atoms with E-state index < -0.39 is 0 Å². The van der Waals surface area contributed by atoms with Gasteiger partial charge in [0.25, 0.3) is 0 Å². The van der Waals surface area contributed by atoms with Crippen LogP contribution in [0.25, 0.3) is 0 Å². The largest absolute Gasteiger partial charge is 0.486 e. The quantitative estimate of drug-likeness (QED) is 0.881. The standard InChI is InChI=1S/C15H22N2O2/c1-10(16)7-13-12-9-15-14(18-5-6-19-15)8-11(12)3-4-17(13)2/h8-10,13H,3-7,16H2,1-2H3. The van der Waals surface area contributed by atoms with Gasteiger partial charge >= 0.3 is 0 Å². The van der Waals surface area contributed by atoms with Gasteiger partial charge in [0.15, 0.2) is 11.5 Å². The second-order valence-electron chi connectivity index (χ2n) is 5.65. The molecule has 4 nitrogen and oxygen atoms in total. The maximum atomic E-state index is 6.00. The lowest BCUT2D eigenvalue weighted by molar-refractivity contribution is 0.168. The second-order valence-corrected chi connectivity index (χ2v) is 5.65. The topological polar surface area (TPSA) is 47.7 Å². The van der Waals surface area contributed by atoms with Crippen molar-refractivity contribution in [3.8, 4) is 11.5 Å². The zero-order valence-electron chi connectivity index (χ0n) is 11.7. The molecule has 0 spiro atoms. The highest BCUT2D eigenvalue weighted by Crippen LogP contribution is 2.40. The summed E-state index contributed by atoms with van der Waals surface area (Å²) in [6.07, 6.45) is 2.04. The van der Waals surface area contributed by atoms with E-state index in [1.54, 1.807) is 0 Å². The van der Waals surface area contributed by atoms with Crippen LogP contribution in [0.15, 0.2) is 12.1 Å². The summed E-state index contributed by atoms with van der Waals surface area (Å²) >= 11 is 0. The van der Waals surface area contributed by atoms with Crippen LogP contribution in [-0.4, -0.2) is 37.7 Å². The number of likely N-dealkylation sites (N-methyl/N-ethyl adjacent to an activating group) is 1. The van der Waals surface area contributed by atoms with Crippen LogP contribution >= 0.6 is 0 Å². The summed E-state index contributed by atoms with van der Waals surface area (Å²) in [5, 5.41) is 0. The Bertz CT molecular complexity index is 473. The van der Waals surface area contributed by atoms with Gasteiger partial charge in [-0.05, 0) is 50.1 Å². The molecule has 2 atom stereocenters. The third-order valence-electron chi connectivity index (χ3n) is 4.02. The summed E-state index contributed by atoms with van der Waals surface area (Å²) in [6, 6.07) is 4.91. The molecule has 2 aliphatic rings. The van der Waals surface area contributed by atoms with Gasteiger partial charge in [0.2, 0.25) is 0 Å². The summed E-state index contributed by atoms with van der Waals surface area (Å²) in [6.45, 7) is 4.43. The molecule has 0 aromatic heterocycles. The summed E-state index contributed by atoms with van der Waals surface area (Å²) in [4.78, 5) is 2.39. The van der Waals surface area contributed by atoms with Crippen molar-refractivity contribution in [3.63, 3.8) is 0 Å². The van der Waals surface area contributed by atoms with Gasteiger partial charge < -0.3 is 15.2 Å². The number of ether oxygens (including phenoxy) is 2. The Morgan fingerprint density at radius 1 is 1.32 bits per heavy atom. The van der Waals surface area contributed by atoms with Crippen molar-refractivity contribution in [1.29, 1.82) is 0 Å². The molecule has 1 aromatic rings. The molecule has 2 heterocycles. The van der Waals surface area contributed by atoms with E-state index in [-0.39, 0.29) is 6.04 Å². The van der Waals surface area contributed by atoms with Crippen LogP contribution in [0.5, 0.6) is 11.5 Å². The van der Waals surface area contributed by atoms with Crippen molar-refractivity contribution in [2.75, 3.05) is 26.8 Å². The first kappa shape index (κ1) is 12.8. The third kappa shape index (κ3) is 2.42. The maximum absolute atomic E-state index is 6.00. The molecular weight excluding hydrogens is 240 g/mol. The molecule has 1 aromatic carbocycles. The zero-order valence-corrected chi connectivity index (χ0v) is 11.7. The van der Waals surface area contributed by atoms with Crippen molar-refractivity contribution in [2.45, 2.75) is 31.8 Å². The van der Waals surface area contributed by atoms with Crippen LogP contribution in [0, 0.1) is 0 Å². The Hall–Kier alpha value is -1.26. The number of rotatable bonds is 2. The fourth-order valence-electron chi connectivity index (χ4n) is 3.02. The van der Waals surface area contributed by atoms with Crippen molar-refractivity contribution in [1.82, 2.24) is 4.90 Å². The van der Waals surface area contributed by atoms with E-state index in [2.05, 4.69) is 31.0 Å². The molecule has 104 valence electrons. The molecule has 0 fully saturated rings. The van der Waals surface area contributed by atoms with E-state index in [1.165, 1.54) is 11.1 Å². The molecule has 2 N–H and O–H groups in total. The van der Waals surface area contributed by atoms with Crippen molar-refractivity contribution in [3.05, 3.63) is 23.3 Å². The van der Waals surface area contributed by atoms with E-state index in [0.29, 0.717) is 19.3 Å². The average molecular weight is 262 g/mol. The van der Waals surface area contributed by atoms with Gasteiger partial charge in [0.1, 0.15) is 13.2 Å². The van der Waals surface area contributed by atoms with Crippen LogP contribution in [0.2, 0.25) is 0 Å². The normalized spacial score (nSPS) is 23.8. The number of hydrogen-bond donors (Lipinski definition) is 1. The first-order valence-corrected chi connectivity index (χ1v) is 7.03. The number of nitrogens with two attached hydrogens (primary N) is 1. The molecule has 2 aliphatic heterocycles. The minimum absolute atomic E-state index is 0.201. The van der Waals surface area contributed by atoms with Crippen molar-refractivity contribution < 1.29 is 9.47 Å². The first-order chi connectivity index (χ1) is 9.15. The Labute approximate surface area is 114 Å². The van der Waals surface area contributed by atoms with Crippen LogP contribution in [0.3, 0.4) is 0 Å². The van der Waals surface area contributed by atoms with Crippen LogP contribution < -0.4 is 15.2 Å². The number of fused-ring (bicyclic) bond motifs is 2. The highest BCUT2D eigenvalue weighted by Gasteiger charge is 2.28. The Kier molecular flexibility index (Phi) is 3.37. The van der Waals surface area contributed by atoms with Gasteiger partial charge in [-0.3, -0.25) is 4.90 Å². The molecule has 0 radical (unpaired) electrons. The summed E-state index contributed by atoms with van der Waals surface area (Å²) in [7, 11) is 2.17. The highest BCUT2D eigenvalue weighted by atomic mass is 16.6. The van der Waals surface area contributed by atoms with E-state index in [9.17, 15) is 0 Å². The Morgan fingerprint density at radius 2 is 2.00 bits per heavy atom. The zero-order chi connectivity index (χ0) is 13.4. The van der Waals surface area contributed by atoms with Crippen molar-refractivity contribution in [2.24, 2.45) is 5.73 Å². The van der Waals surface area contributed by atoms with Gasteiger partial charge in [-0.25, -0.2) is 0 Å². The third-order valence-corrected chi connectivity index (χ3v) is 4.02. The fourth-order valence-corrected chi connectivity index (χ4v) is 3.02. The highest BCUT2D eigenvalue weighted by molar-refractivity contribution is 5.50. The lowest BCUT2D eigenvalue weighted by Crippen LogP contribution is -2.35. The van der Waals surface area contributed by atoms with Gasteiger partial charge in [0.05, 0.1) is 0 Å². The summed E-state index contributed by atoms with van der Waals surface area (Å²) in [5.41, 5.74) is 8.74. The summed E-state index contributed by atoms with van der Waals surface area (Å²) < 4.78 is 11.4. The molecule has 0 amide bonds. The van der Waals surface area contributed by atoms with Gasteiger partial charge in [0, 0.05) is 18.6 Å². The first-order valence-electron chi connectivity index (χ1n) is 7.03. The Balaban J connectivity index is 1.99. The van der Waals surface area contributed by atoms with Crippen molar-refractivity contribution >= 4 is 0 Å². The molecule has 3 rings (SSSR count). The molecule has 0 bridgehead atoms. The minimum atomic E-state index is 0.201. The van der Waals surface area contributed by atoms with Crippen LogP contribution in [0.4, 0.5) is 0 Å². The lowest BCUT2D eigenvalue weighted by Gasteiger charge is -2.36. The maximum Gasteiger partial charge on any atom is 0.161 e. The molecule has 0 aliphatic carbocycles. The van der Waals surface area contributed by atoms with Gasteiger partial charge in [-0.15, -0.1) is 0 Å². The van der Waals surface area contributed by atoms with E-state index in [4.69, 9.17) is 15.2 Å². The second kappa shape index (κ2) is 5.02. The van der Waals surface area contributed by atoms with Gasteiger partial charge in [-0.2, -0.15) is 0 Å². The molecule has 0 saturated carbocycles. The predicted molar refractivity (Wildman–Crippen MR) is 74.8 cm³/mol. The van der Waals surface area contributed by atoms with E-state index >= 15 is 0 Å². The SMILES string of the molecule is CC(N)CC1c2cc3c(cc2CCN1C)OCCO3. The molecular formula is C15H22N2O2. The summed E-state index contributed by atoms with van der Waals surface area (Å²) in [5.74, 6) is 1.78. The minimum Gasteiger partial charge on any atom is -0.486 e. The lowest BCUT2D eigenvalue weighted by atomic mass is 9.89. The van der Waals surface area contributed by atoms with Gasteiger partial charge in [-0.1, -0.05) is 0 Å².